The molecule has 0 aliphatic carbocycles. The predicted octanol–water partition coefficient (Wildman–Crippen LogP) is 6.24. The van der Waals surface area contributed by atoms with Gasteiger partial charge in [-0.1, -0.05) is 88.7 Å². The zero-order chi connectivity index (χ0) is 29.1. The van der Waals surface area contributed by atoms with Crippen LogP contribution < -0.4 is 15.0 Å². The van der Waals surface area contributed by atoms with Crippen LogP contribution in [0.5, 0.6) is 5.75 Å². The van der Waals surface area contributed by atoms with Crippen molar-refractivity contribution >= 4 is 34.9 Å². The first-order valence-corrected chi connectivity index (χ1v) is 14.4. The Labute approximate surface area is 241 Å². The van der Waals surface area contributed by atoms with E-state index in [0.29, 0.717) is 17.0 Å². The van der Waals surface area contributed by atoms with Crippen molar-refractivity contribution in [3.05, 3.63) is 95.1 Å². The number of methoxy groups -OCH3 is 1. The molecule has 6 heteroatoms. The first kappa shape index (κ1) is 27.0. The van der Waals surface area contributed by atoms with Gasteiger partial charge >= 0.3 is 0 Å². The van der Waals surface area contributed by atoms with Gasteiger partial charge in [0.2, 0.25) is 5.91 Å². The van der Waals surface area contributed by atoms with Crippen LogP contribution in [0.1, 0.15) is 61.2 Å². The Bertz CT molecular complexity index is 1580. The number of ether oxygens (including phenoxy) is 1. The number of hydrogen-bond acceptors (Lipinski definition) is 5. The zero-order valence-electron chi connectivity index (χ0n) is 24.2. The van der Waals surface area contributed by atoms with Crippen molar-refractivity contribution < 1.29 is 19.1 Å². The molecule has 6 rings (SSSR count). The highest BCUT2D eigenvalue weighted by molar-refractivity contribution is 6.17. The lowest BCUT2D eigenvalue weighted by Gasteiger charge is -2.38. The van der Waals surface area contributed by atoms with Gasteiger partial charge in [-0.25, -0.2) is 0 Å². The van der Waals surface area contributed by atoms with Gasteiger partial charge in [0, 0.05) is 27.9 Å². The van der Waals surface area contributed by atoms with Crippen LogP contribution in [0.3, 0.4) is 0 Å². The summed E-state index contributed by atoms with van der Waals surface area (Å²) in [6.45, 7) is 7.77. The number of nitrogens with one attached hydrogen (secondary N) is 1. The third-order valence-corrected chi connectivity index (χ3v) is 8.91. The van der Waals surface area contributed by atoms with Crippen molar-refractivity contribution in [1.29, 1.82) is 0 Å². The smallest absolute Gasteiger partial charge is 0.238 e. The quantitative estimate of drug-likeness (QED) is 0.369. The lowest BCUT2D eigenvalue weighted by Crippen LogP contribution is -2.51. The van der Waals surface area contributed by atoms with Crippen molar-refractivity contribution in [3.63, 3.8) is 0 Å². The minimum absolute atomic E-state index is 0.0745. The van der Waals surface area contributed by atoms with Gasteiger partial charge in [-0.3, -0.25) is 14.4 Å². The van der Waals surface area contributed by atoms with E-state index in [4.69, 9.17) is 4.74 Å². The summed E-state index contributed by atoms with van der Waals surface area (Å²) < 4.78 is 5.48. The maximum atomic E-state index is 14.8. The molecule has 0 unspecified atom stereocenters. The van der Waals surface area contributed by atoms with Crippen LogP contribution in [0.25, 0.3) is 6.08 Å². The van der Waals surface area contributed by atoms with E-state index in [9.17, 15) is 14.4 Å². The van der Waals surface area contributed by atoms with Crippen molar-refractivity contribution in [2.75, 3.05) is 17.3 Å². The fourth-order valence-electron chi connectivity index (χ4n) is 7.03. The monoisotopic (exact) mass is 548 g/mol. The average molecular weight is 549 g/mol. The van der Waals surface area contributed by atoms with E-state index in [1.807, 2.05) is 105 Å². The summed E-state index contributed by atoms with van der Waals surface area (Å²) >= 11 is 0. The topological polar surface area (TPSA) is 75.7 Å². The van der Waals surface area contributed by atoms with Gasteiger partial charge < -0.3 is 15.0 Å². The predicted molar refractivity (Wildman–Crippen MR) is 162 cm³/mol. The highest BCUT2D eigenvalue weighted by atomic mass is 16.5. The highest BCUT2D eigenvalue weighted by Crippen LogP contribution is 2.58. The number of hydrogen-bond donors (Lipinski definition) is 1. The third kappa shape index (κ3) is 3.95. The van der Waals surface area contributed by atoms with Crippen LogP contribution in [0, 0.1) is 11.3 Å². The van der Waals surface area contributed by atoms with Gasteiger partial charge in [0.15, 0.2) is 11.6 Å². The molecule has 3 aliphatic heterocycles. The summed E-state index contributed by atoms with van der Waals surface area (Å²) in [4.78, 5) is 45.8. The maximum absolute atomic E-state index is 14.8. The van der Waals surface area contributed by atoms with E-state index in [2.05, 4.69) is 12.2 Å². The van der Waals surface area contributed by atoms with E-state index >= 15 is 0 Å². The van der Waals surface area contributed by atoms with E-state index in [1.165, 1.54) is 0 Å². The minimum atomic E-state index is -1.30. The summed E-state index contributed by atoms with van der Waals surface area (Å²) in [6, 6.07) is 19.6. The number of para-hydroxylation sites is 1. The van der Waals surface area contributed by atoms with Crippen LogP contribution in [-0.4, -0.2) is 36.7 Å². The van der Waals surface area contributed by atoms with Crippen molar-refractivity contribution in [3.8, 4) is 5.75 Å². The standard InChI is InChI=1S/C35H36N2O4/c1-6-9-21-12-14-22(15-13-21)31(38)29-30(32(39)34(2,3)4)37-27-18-17-24(41-5)20-23(27)16-19-28(37)35(29)25-10-7-8-11-26(25)36-33(35)40/h7-8,10-20,28-30H,6,9H2,1-5H3,(H,36,40)/t28-,29+,30-,35+/m1/s1. The Morgan fingerprint density at radius 1 is 1.02 bits per heavy atom. The molecule has 1 amide bonds. The molecule has 1 fully saturated rings. The summed E-state index contributed by atoms with van der Waals surface area (Å²) in [5.41, 5.74) is 2.74. The third-order valence-electron chi connectivity index (χ3n) is 8.91. The number of nitrogens with zero attached hydrogens (tertiary/aromatic N) is 1. The highest BCUT2D eigenvalue weighted by Gasteiger charge is 2.70. The molecule has 0 radical (unpaired) electrons. The number of rotatable bonds is 6. The average Bonchev–Trinajstić information content (AvgIpc) is 3.44. The number of Topliss-reactive ketones (excluding diaryl/α,β-unsaturated/α-hetero) is 2. The first-order valence-electron chi connectivity index (χ1n) is 14.4. The Morgan fingerprint density at radius 2 is 1.76 bits per heavy atom. The molecular formula is C35H36N2O4. The fourth-order valence-corrected chi connectivity index (χ4v) is 7.03. The van der Waals surface area contributed by atoms with E-state index in [1.54, 1.807) is 7.11 Å². The normalized spacial score (nSPS) is 24.1. The van der Waals surface area contributed by atoms with E-state index in [-0.39, 0.29) is 17.5 Å². The van der Waals surface area contributed by atoms with Crippen LogP contribution in [-0.2, 0) is 21.4 Å². The largest absolute Gasteiger partial charge is 0.497 e. The summed E-state index contributed by atoms with van der Waals surface area (Å²) in [5.74, 6) is -0.767. The second kappa shape index (κ2) is 9.72. The molecule has 1 spiro atoms. The van der Waals surface area contributed by atoms with Crippen molar-refractivity contribution in [1.82, 2.24) is 0 Å². The van der Waals surface area contributed by atoms with Crippen LogP contribution in [0.2, 0.25) is 0 Å². The number of ketones is 2. The second-order valence-corrected chi connectivity index (χ2v) is 12.4. The zero-order valence-corrected chi connectivity index (χ0v) is 24.2. The lowest BCUT2D eigenvalue weighted by atomic mass is 9.63. The summed E-state index contributed by atoms with van der Waals surface area (Å²) in [7, 11) is 1.62. The molecule has 3 aliphatic rings. The fraction of sp³-hybridized carbons (Fsp3) is 0.343. The van der Waals surface area contributed by atoms with Gasteiger partial charge in [0.05, 0.1) is 19.1 Å². The molecule has 4 atom stereocenters. The number of aryl methyl sites for hydroxylation is 1. The molecule has 3 aromatic rings. The lowest BCUT2D eigenvalue weighted by molar-refractivity contribution is -0.128. The molecule has 3 heterocycles. The van der Waals surface area contributed by atoms with Gasteiger partial charge in [-0.05, 0) is 41.8 Å². The molecule has 1 N–H and O–H groups in total. The number of anilines is 2. The number of amides is 1. The summed E-state index contributed by atoms with van der Waals surface area (Å²) in [5, 5.41) is 3.08. The van der Waals surface area contributed by atoms with Crippen LogP contribution in [0.4, 0.5) is 11.4 Å². The molecular weight excluding hydrogens is 512 g/mol. The Hall–Kier alpha value is -4.19. The van der Waals surface area contributed by atoms with Gasteiger partial charge in [-0.2, -0.15) is 0 Å². The van der Waals surface area contributed by atoms with E-state index < -0.39 is 28.8 Å². The molecule has 41 heavy (non-hydrogen) atoms. The van der Waals surface area contributed by atoms with Gasteiger partial charge in [0.1, 0.15) is 17.2 Å². The van der Waals surface area contributed by atoms with Crippen LogP contribution in [0.15, 0.2) is 72.8 Å². The number of carbonyl (C=O) groups excluding carboxylic acids is 3. The van der Waals surface area contributed by atoms with Crippen molar-refractivity contribution in [2.45, 2.75) is 58.0 Å². The summed E-state index contributed by atoms with van der Waals surface area (Å²) in [6.07, 6.45) is 5.90. The van der Waals surface area contributed by atoms with Gasteiger partial charge in [-0.15, -0.1) is 0 Å². The molecule has 0 aromatic heterocycles. The molecule has 210 valence electrons. The Balaban J connectivity index is 1.63. The number of carbonyl (C=O) groups is 3. The Morgan fingerprint density at radius 3 is 2.44 bits per heavy atom. The SMILES string of the molecule is CCCc1ccc(C(=O)[C@@H]2[C@H](C(=O)C(C)(C)C)N3c4ccc(OC)cc4C=C[C@@H]3[C@]23C(=O)Nc2ccccc23)cc1. The number of fused-ring (bicyclic) bond motifs is 6. The van der Waals surface area contributed by atoms with Crippen molar-refractivity contribution in [2.24, 2.45) is 11.3 Å². The molecule has 0 saturated carbocycles. The van der Waals surface area contributed by atoms with Gasteiger partial charge in [0.25, 0.3) is 0 Å². The molecule has 0 bridgehead atoms. The second-order valence-electron chi connectivity index (χ2n) is 12.4. The maximum Gasteiger partial charge on any atom is 0.238 e. The first-order chi connectivity index (χ1) is 19.6. The number of benzene rings is 3. The Kier molecular flexibility index (Phi) is 6.40. The molecule has 6 nitrogen and oxygen atoms in total. The van der Waals surface area contributed by atoms with Crippen LogP contribution >= 0.6 is 0 Å². The molecule has 1 saturated heterocycles. The van der Waals surface area contributed by atoms with E-state index in [0.717, 1.165) is 35.2 Å². The molecule has 3 aromatic carbocycles. The minimum Gasteiger partial charge on any atom is -0.497 e.